The summed E-state index contributed by atoms with van der Waals surface area (Å²) >= 11 is 1.08. The molecule has 0 amide bonds. The number of H-pyrrole nitrogens is 1. The van der Waals surface area contributed by atoms with Crippen molar-refractivity contribution in [2.75, 3.05) is 0 Å². The third-order valence-electron chi connectivity index (χ3n) is 3.03. The van der Waals surface area contributed by atoms with Gasteiger partial charge in [-0.1, -0.05) is 0 Å². The molecular formula is C12H12FN5OS. The Labute approximate surface area is 117 Å². The summed E-state index contributed by atoms with van der Waals surface area (Å²) < 4.78 is 15.5. The Morgan fingerprint density at radius 2 is 2.30 bits per heavy atom. The fourth-order valence-electron chi connectivity index (χ4n) is 1.87. The van der Waals surface area contributed by atoms with Crippen molar-refractivity contribution < 1.29 is 4.39 Å². The van der Waals surface area contributed by atoms with Crippen LogP contribution in [0, 0.1) is 11.2 Å². The van der Waals surface area contributed by atoms with E-state index in [4.69, 9.17) is 11.1 Å². The summed E-state index contributed by atoms with van der Waals surface area (Å²) in [5.41, 5.74) is 5.37. The second kappa shape index (κ2) is 4.78. The summed E-state index contributed by atoms with van der Waals surface area (Å²) in [7, 11) is 0. The van der Waals surface area contributed by atoms with Crippen LogP contribution in [0.5, 0.6) is 0 Å². The van der Waals surface area contributed by atoms with E-state index in [0.29, 0.717) is 15.6 Å². The molecule has 6 nitrogen and oxygen atoms in total. The molecule has 0 saturated heterocycles. The lowest BCUT2D eigenvalue weighted by Gasteiger charge is -2.06. The maximum absolute atomic E-state index is 14.0. The van der Waals surface area contributed by atoms with Gasteiger partial charge in [-0.2, -0.15) is 0 Å². The zero-order chi connectivity index (χ0) is 14.3. The van der Waals surface area contributed by atoms with Crippen molar-refractivity contribution in [3.63, 3.8) is 0 Å². The molecule has 2 aromatic rings. The minimum absolute atomic E-state index is 0.170. The molecule has 4 N–H and O–H groups in total. The number of hydrogen-bond donors (Lipinski definition) is 3. The molecule has 0 atom stereocenters. The summed E-state index contributed by atoms with van der Waals surface area (Å²) in [4.78, 5) is 12.0. The molecule has 0 bridgehead atoms. The monoisotopic (exact) mass is 293 g/mol. The smallest absolute Gasteiger partial charge is 0.344 e. The van der Waals surface area contributed by atoms with Crippen LogP contribution in [-0.4, -0.2) is 20.6 Å². The summed E-state index contributed by atoms with van der Waals surface area (Å²) in [6.07, 6.45) is 1.89. The largest absolute Gasteiger partial charge is 0.384 e. The number of nitrogens with two attached hydrogens (primary N) is 1. The van der Waals surface area contributed by atoms with E-state index >= 15 is 0 Å². The molecule has 1 fully saturated rings. The second-order valence-electron chi connectivity index (χ2n) is 4.57. The van der Waals surface area contributed by atoms with Crippen molar-refractivity contribution >= 4 is 17.6 Å². The van der Waals surface area contributed by atoms with Crippen LogP contribution in [0.1, 0.15) is 24.4 Å². The van der Waals surface area contributed by atoms with E-state index in [-0.39, 0.29) is 17.6 Å². The zero-order valence-electron chi connectivity index (χ0n) is 10.4. The Morgan fingerprint density at radius 3 is 2.90 bits per heavy atom. The van der Waals surface area contributed by atoms with Gasteiger partial charge in [-0.05, 0) is 42.8 Å². The van der Waals surface area contributed by atoms with Crippen LogP contribution in [0.25, 0.3) is 0 Å². The molecule has 1 aromatic heterocycles. The molecule has 0 aliphatic heterocycles. The molecule has 1 saturated carbocycles. The van der Waals surface area contributed by atoms with Gasteiger partial charge in [0.15, 0.2) is 5.16 Å². The maximum atomic E-state index is 14.0. The maximum Gasteiger partial charge on any atom is 0.344 e. The summed E-state index contributed by atoms with van der Waals surface area (Å²) in [5.74, 6) is -0.671. The predicted molar refractivity (Wildman–Crippen MR) is 72.7 cm³/mol. The zero-order valence-corrected chi connectivity index (χ0v) is 11.2. The minimum Gasteiger partial charge on any atom is -0.384 e. The molecule has 0 radical (unpaired) electrons. The van der Waals surface area contributed by atoms with Crippen molar-refractivity contribution in [3.05, 3.63) is 40.1 Å². The van der Waals surface area contributed by atoms with Crippen LogP contribution in [0.15, 0.2) is 33.0 Å². The second-order valence-corrected chi connectivity index (χ2v) is 5.58. The van der Waals surface area contributed by atoms with E-state index in [1.54, 1.807) is 10.6 Å². The first-order valence-electron chi connectivity index (χ1n) is 6.05. The topological polar surface area (TPSA) is 101 Å². The number of rotatable bonds is 4. The van der Waals surface area contributed by atoms with Gasteiger partial charge < -0.3 is 5.73 Å². The molecule has 8 heteroatoms. The molecular weight excluding hydrogens is 281 g/mol. The summed E-state index contributed by atoms with van der Waals surface area (Å²) in [6.45, 7) is 0. The van der Waals surface area contributed by atoms with Gasteiger partial charge in [0, 0.05) is 11.6 Å². The summed E-state index contributed by atoms with van der Waals surface area (Å²) in [6, 6.07) is 4.48. The number of hydrogen-bond acceptors (Lipinski definition) is 4. The number of nitrogen functional groups attached to an aromatic ring is 1. The molecule has 1 heterocycles. The van der Waals surface area contributed by atoms with Crippen LogP contribution in [0.4, 0.5) is 4.39 Å². The van der Waals surface area contributed by atoms with Crippen LogP contribution >= 0.6 is 11.8 Å². The van der Waals surface area contributed by atoms with Gasteiger partial charge in [0.05, 0.1) is 4.90 Å². The van der Waals surface area contributed by atoms with Crippen LogP contribution in [0.2, 0.25) is 0 Å². The average Bonchev–Trinajstić information content (AvgIpc) is 3.17. The van der Waals surface area contributed by atoms with Crippen molar-refractivity contribution in [2.45, 2.75) is 28.9 Å². The fraction of sp³-hybridized carbons (Fsp3) is 0.250. The van der Waals surface area contributed by atoms with Gasteiger partial charge in [-0.25, -0.2) is 14.3 Å². The van der Waals surface area contributed by atoms with E-state index in [0.717, 1.165) is 24.6 Å². The van der Waals surface area contributed by atoms with Crippen LogP contribution < -0.4 is 11.4 Å². The molecule has 104 valence electrons. The quantitative estimate of drug-likeness (QED) is 0.587. The lowest BCUT2D eigenvalue weighted by atomic mass is 10.2. The Morgan fingerprint density at radius 1 is 1.55 bits per heavy atom. The van der Waals surface area contributed by atoms with Gasteiger partial charge in [0.1, 0.15) is 11.7 Å². The highest BCUT2D eigenvalue weighted by atomic mass is 32.2. The average molecular weight is 293 g/mol. The summed E-state index contributed by atoms with van der Waals surface area (Å²) in [5, 5.41) is 14.0. The van der Waals surface area contributed by atoms with Gasteiger partial charge in [-0.15, -0.1) is 5.10 Å². The molecule has 1 aliphatic rings. The van der Waals surface area contributed by atoms with Crippen molar-refractivity contribution in [1.29, 1.82) is 5.41 Å². The number of benzene rings is 1. The van der Waals surface area contributed by atoms with Gasteiger partial charge >= 0.3 is 5.69 Å². The highest BCUT2D eigenvalue weighted by molar-refractivity contribution is 7.99. The van der Waals surface area contributed by atoms with Crippen molar-refractivity contribution in [2.24, 2.45) is 5.73 Å². The van der Waals surface area contributed by atoms with Gasteiger partial charge in [0.2, 0.25) is 0 Å². The minimum atomic E-state index is -0.486. The van der Waals surface area contributed by atoms with E-state index in [1.807, 2.05) is 0 Å². The van der Waals surface area contributed by atoms with E-state index < -0.39 is 5.82 Å². The molecule has 1 aromatic carbocycles. The Bertz CT molecular complexity index is 734. The first-order chi connectivity index (χ1) is 9.56. The molecule has 3 rings (SSSR count). The Balaban J connectivity index is 1.92. The number of halogens is 1. The normalized spacial score (nSPS) is 14.4. The first kappa shape index (κ1) is 12.9. The standard InChI is InChI=1S/C12H12FN5OS/c13-8-5-6(10(14)15)1-4-9(8)20-12-17-16-11(19)18(12)7-2-3-7/h1,4-5,7H,2-3H2,(H3,14,15)(H,16,19). The van der Waals surface area contributed by atoms with E-state index in [2.05, 4.69) is 10.2 Å². The first-order valence-corrected chi connectivity index (χ1v) is 6.86. The van der Waals surface area contributed by atoms with Gasteiger partial charge in [-0.3, -0.25) is 9.98 Å². The van der Waals surface area contributed by atoms with E-state index in [1.165, 1.54) is 12.1 Å². The lowest BCUT2D eigenvalue weighted by Crippen LogP contribution is -2.16. The van der Waals surface area contributed by atoms with Crippen LogP contribution in [0.3, 0.4) is 0 Å². The van der Waals surface area contributed by atoms with Crippen molar-refractivity contribution in [1.82, 2.24) is 14.8 Å². The molecule has 0 unspecified atom stereocenters. The number of nitrogens with zero attached hydrogens (tertiary/aromatic N) is 2. The van der Waals surface area contributed by atoms with Crippen LogP contribution in [-0.2, 0) is 0 Å². The van der Waals surface area contributed by atoms with Gasteiger partial charge in [0.25, 0.3) is 0 Å². The lowest BCUT2D eigenvalue weighted by molar-refractivity contribution is 0.599. The third-order valence-corrected chi connectivity index (χ3v) is 4.05. The Kier molecular flexibility index (Phi) is 3.09. The molecule has 20 heavy (non-hydrogen) atoms. The molecule has 1 aliphatic carbocycles. The SMILES string of the molecule is N=C(N)c1ccc(Sc2n[nH]c(=O)n2C2CC2)c(F)c1. The molecule has 0 spiro atoms. The van der Waals surface area contributed by atoms with Crippen molar-refractivity contribution in [3.8, 4) is 0 Å². The number of aromatic nitrogens is 3. The number of aromatic amines is 1. The fourth-order valence-corrected chi connectivity index (χ4v) is 2.78. The predicted octanol–water partition coefficient (Wildman–Crippen LogP) is 1.48. The Hall–Kier alpha value is -2.09. The third kappa shape index (κ3) is 2.34. The highest BCUT2D eigenvalue weighted by Gasteiger charge is 2.29. The van der Waals surface area contributed by atoms with E-state index in [9.17, 15) is 9.18 Å². The number of amidine groups is 1. The number of nitrogens with one attached hydrogen (secondary N) is 2. The highest BCUT2D eigenvalue weighted by Crippen LogP contribution is 2.38.